The third kappa shape index (κ3) is 4.09. The van der Waals surface area contributed by atoms with Gasteiger partial charge in [-0.25, -0.2) is 4.79 Å². The highest BCUT2D eigenvalue weighted by molar-refractivity contribution is 6.30. The Labute approximate surface area is 185 Å². The van der Waals surface area contributed by atoms with Gasteiger partial charge >= 0.3 is 5.97 Å². The molecular weight excluding hydrogens is 414 g/mol. The molecule has 0 spiro atoms. The number of carbonyl (C=O) groups is 3. The van der Waals surface area contributed by atoms with E-state index in [1.165, 1.54) is 0 Å². The summed E-state index contributed by atoms with van der Waals surface area (Å²) in [4.78, 5) is 40.5. The number of ketones is 2. The quantitative estimate of drug-likeness (QED) is 0.486. The lowest BCUT2D eigenvalue weighted by Gasteiger charge is -2.26. The van der Waals surface area contributed by atoms with Crippen LogP contribution in [0.4, 0.5) is 0 Å². The predicted octanol–water partition coefficient (Wildman–Crippen LogP) is 4.75. The average molecular weight is 434 g/mol. The van der Waals surface area contributed by atoms with Crippen LogP contribution in [0.25, 0.3) is 0 Å². The largest absolute Gasteiger partial charge is 0.463 e. The normalized spacial score (nSPS) is 17.3. The number of rotatable bonds is 6. The molecule has 31 heavy (non-hydrogen) atoms. The van der Waals surface area contributed by atoms with Crippen LogP contribution in [0.1, 0.15) is 34.1 Å². The maximum Gasteiger partial charge on any atom is 0.336 e. The van der Waals surface area contributed by atoms with Crippen molar-refractivity contribution in [1.82, 2.24) is 4.90 Å². The summed E-state index contributed by atoms with van der Waals surface area (Å²) >= 11 is 5.94. The Morgan fingerprint density at radius 1 is 1.03 bits per heavy atom. The molecule has 0 saturated carbocycles. The first-order chi connectivity index (χ1) is 15.0. The van der Waals surface area contributed by atoms with E-state index < -0.39 is 12.0 Å². The molecule has 1 atom stereocenters. The molecular formula is C25H20ClNO4. The average Bonchev–Trinajstić information content (AvgIpc) is 3.18. The lowest BCUT2D eigenvalue weighted by atomic mass is 10.00. The zero-order valence-corrected chi connectivity index (χ0v) is 17.6. The summed E-state index contributed by atoms with van der Waals surface area (Å²) < 4.78 is 5.21. The van der Waals surface area contributed by atoms with Gasteiger partial charge < -0.3 is 9.64 Å². The molecule has 0 aliphatic carbocycles. The molecule has 4 rings (SSSR count). The summed E-state index contributed by atoms with van der Waals surface area (Å²) in [6, 6.07) is 15.0. The molecule has 2 heterocycles. The number of hydrogen-bond acceptors (Lipinski definition) is 5. The van der Waals surface area contributed by atoms with Crippen LogP contribution in [-0.2, 0) is 9.53 Å². The van der Waals surface area contributed by atoms with Gasteiger partial charge in [-0.2, -0.15) is 0 Å². The van der Waals surface area contributed by atoms with E-state index in [9.17, 15) is 14.4 Å². The second-order valence-electron chi connectivity index (χ2n) is 7.19. The van der Waals surface area contributed by atoms with Crippen LogP contribution in [0, 0.1) is 0 Å². The molecule has 2 aromatic carbocycles. The van der Waals surface area contributed by atoms with Gasteiger partial charge in [0.15, 0.2) is 11.6 Å². The van der Waals surface area contributed by atoms with E-state index in [2.05, 4.69) is 0 Å². The van der Waals surface area contributed by atoms with Gasteiger partial charge in [0.2, 0.25) is 0 Å². The molecule has 2 aliphatic heterocycles. The van der Waals surface area contributed by atoms with Gasteiger partial charge in [-0.05, 0) is 43.3 Å². The molecule has 5 nitrogen and oxygen atoms in total. The molecule has 0 saturated heterocycles. The van der Waals surface area contributed by atoms with Crippen molar-refractivity contribution in [2.75, 3.05) is 6.61 Å². The van der Waals surface area contributed by atoms with Crippen LogP contribution in [0.3, 0.4) is 0 Å². The van der Waals surface area contributed by atoms with Crippen LogP contribution >= 0.6 is 11.6 Å². The fraction of sp³-hybridized carbons (Fsp3) is 0.160. The Morgan fingerprint density at radius 3 is 2.42 bits per heavy atom. The van der Waals surface area contributed by atoms with Gasteiger partial charge in [0.05, 0.1) is 17.9 Å². The molecule has 0 fully saturated rings. The van der Waals surface area contributed by atoms with Crippen molar-refractivity contribution in [2.24, 2.45) is 0 Å². The molecule has 0 amide bonds. The summed E-state index contributed by atoms with van der Waals surface area (Å²) in [5.74, 6) is -0.768. The van der Waals surface area contributed by atoms with Gasteiger partial charge in [0.25, 0.3) is 0 Å². The fourth-order valence-corrected chi connectivity index (χ4v) is 3.88. The number of carbonyl (C=O) groups excluding carboxylic acids is 3. The molecule has 2 aromatic rings. The van der Waals surface area contributed by atoms with Crippen molar-refractivity contribution in [3.63, 3.8) is 0 Å². The molecule has 0 radical (unpaired) electrons. The SMILES string of the molecule is CCOC(=O)C1=C2C=C(C(=O)c3ccccc3)C=CN2C(C(=O)c2ccc(Cl)cc2)C1. The first kappa shape index (κ1) is 20.8. The van der Waals surface area contributed by atoms with E-state index in [-0.39, 0.29) is 24.6 Å². The Hall–Kier alpha value is -3.44. The Balaban J connectivity index is 1.69. The molecule has 0 bridgehead atoms. The summed E-state index contributed by atoms with van der Waals surface area (Å²) in [6.07, 6.45) is 5.23. The maximum atomic E-state index is 13.2. The van der Waals surface area contributed by atoms with Crippen molar-refractivity contribution in [1.29, 1.82) is 0 Å². The van der Waals surface area contributed by atoms with Crippen LogP contribution < -0.4 is 0 Å². The zero-order valence-electron chi connectivity index (χ0n) is 16.9. The smallest absolute Gasteiger partial charge is 0.336 e. The van der Waals surface area contributed by atoms with Crippen LogP contribution in [0.2, 0.25) is 5.02 Å². The minimum absolute atomic E-state index is 0.135. The van der Waals surface area contributed by atoms with Crippen LogP contribution in [0.5, 0.6) is 0 Å². The molecule has 0 aromatic heterocycles. The maximum absolute atomic E-state index is 13.2. The molecule has 156 valence electrons. The molecule has 2 aliphatic rings. The highest BCUT2D eigenvalue weighted by Crippen LogP contribution is 2.36. The van der Waals surface area contributed by atoms with E-state index in [1.54, 1.807) is 78.7 Å². The highest BCUT2D eigenvalue weighted by Gasteiger charge is 2.39. The number of fused-ring (bicyclic) bond motifs is 1. The first-order valence-electron chi connectivity index (χ1n) is 9.97. The van der Waals surface area contributed by atoms with Gasteiger partial charge in [-0.15, -0.1) is 0 Å². The highest BCUT2D eigenvalue weighted by atomic mass is 35.5. The van der Waals surface area contributed by atoms with E-state index in [0.29, 0.717) is 33.0 Å². The molecule has 6 heteroatoms. The third-order valence-corrected chi connectivity index (χ3v) is 5.53. The number of hydrogen-bond donors (Lipinski definition) is 0. The van der Waals surface area contributed by atoms with E-state index in [1.807, 2.05) is 6.07 Å². The third-order valence-electron chi connectivity index (χ3n) is 5.28. The summed E-state index contributed by atoms with van der Waals surface area (Å²) in [6.45, 7) is 1.95. The standard InChI is InChI=1S/C25H20ClNO4/c1-2-31-25(30)20-15-22(24(29)17-8-10-19(26)11-9-17)27-13-12-18(14-21(20)27)23(28)16-6-4-3-5-7-16/h3-14,22H,2,15H2,1H3. The van der Waals surface area contributed by atoms with Crippen molar-refractivity contribution < 1.29 is 19.1 Å². The van der Waals surface area contributed by atoms with Gasteiger partial charge in [-0.1, -0.05) is 41.9 Å². The molecule has 1 unspecified atom stereocenters. The number of halogens is 1. The van der Waals surface area contributed by atoms with Crippen molar-refractivity contribution in [2.45, 2.75) is 19.4 Å². The number of allylic oxidation sites excluding steroid dienone is 3. The number of benzene rings is 2. The number of ether oxygens (including phenoxy) is 1. The second-order valence-corrected chi connectivity index (χ2v) is 7.63. The first-order valence-corrected chi connectivity index (χ1v) is 10.4. The second kappa shape index (κ2) is 8.74. The lowest BCUT2D eigenvalue weighted by molar-refractivity contribution is -0.138. The Morgan fingerprint density at radius 2 is 1.74 bits per heavy atom. The van der Waals surface area contributed by atoms with Gasteiger partial charge in [-0.3, -0.25) is 9.59 Å². The monoisotopic (exact) mass is 433 g/mol. The van der Waals surface area contributed by atoms with Crippen molar-refractivity contribution in [3.8, 4) is 0 Å². The lowest BCUT2D eigenvalue weighted by Crippen LogP contribution is -2.33. The summed E-state index contributed by atoms with van der Waals surface area (Å²) in [5, 5.41) is 0.541. The predicted molar refractivity (Wildman–Crippen MR) is 118 cm³/mol. The number of Topliss-reactive ketones (excluding diaryl/α,β-unsaturated/α-hetero) is 2. The van der Waals surface area contributed by atoms with E-state index in [0.717, 1.165) is 0 Å². The van der Waals surface area contributed by atoms with Crippen molar-refractivity contribution >= 4 is 29.1 Å². The van der Waals surface area contributed by atoms with Gasteiger partial charge in [0.1, 0.15) is 6.04 Å². The Bertz CT molecular complexity index is 1130. The topological polar surface area (TPSA) is 63.7 Å². The van der Waals surface area contributed by atoms with Crippen LogP contribution in [0.15, 0.2) is 89.8 Å². The van der Waals surface area contributed by atoms with Crippen molar-refractivity contribution in [3.05, 3.63) is 106 Å². The zero-order chi connectivity index (χ0) is 22.0. The summed E-state index contributed by atoms with van der Waals surface area (Å²) in [7, 11) is 0. The number of esters is 1. The fourth-order valence-electron chi connectivity index (χ4n) is 3.75. The van der Waals surface area contributed by atoms with E-state index in [4.69, 9.17) is 16.3 Å². The Kier molecular flexibility index (Phi) is 5.87. The molecule has 0 N–H and O–H groups in total. The summed E-state index contributed by atoms with van der Waals surface area (Å²) in [5.41, 5.74) is 2.41. The number of nitrogens with zero attached hydrogens (tertiary/aromatic N) is 1. The van der Waals surface area contributed by atoms with Crippen LogP contribution in [-0.4, -0.2) is 35.1 Å². The van der Waals surface area contributed by atoms with Gasteiger partial charge in [0, 0.05) is 34.3 Å². The minimum atomic E-state index is -0.601. The minimum Gasteiger partial charge on any atom is -0.463 e. The van der Waals surface area contributed by atoms with E-state index >= 15 is 0 Å².